The summed E-state index contributed by atoms with van der Waals surface area (Å²) in [5.74, 6) is -0.422. The van der Waals surface area contributed by atoms with Crippen molar-refractivity contribution in [2.75, 3.05) is 32.8 Å². The summed E-state index contributed by atoms with van der Waals surface area (Å²) in [5, 5.41) is 12.9. The lowest BCUT2D eigenvalue weighted by atomic mass is 9.79. The van der Waals surface area contributed by atoms with Crippen LogP contribution in [0, 0.1) is 5.41 Å². The van der Waals surface area contributed by atoms with Gasteiger partial charge in [0.05, 0.1) is 5.02 Å². The Morgan fingerprint density at radius 3 is 2.42 bits per heavy atom. The Hall–Kier alpha value is -1.02. The summed E-state index contributed by atoms with van der Waals surface area (Å²) >= 11 is 5.99. The fourth-order valence-corrected chi connectivity index (χ4v) is 3.31. The number of piperazine rings is 1. The van der Waals surface area contributed by atoms with Crippen molar-refractivity contribution in [1.82, 2.24) is 10.2 Å². The van der Waals surface area contributed by atoms with Gasteiger partial charge in [-0.05, 0) is 17.7 Å². The molecule has 2 N–H and O–H groups in total. The number of hydrogen-bond donors (Lipinski definition) is 2. The molecule has 2 rings (SSSR count). The lowest BCUT2D eigenvalue weighted by Gasteiger charge is -2.43. The number of halogens is 4. The van der Waals surface area contributed by atoms with Crippen molar-refractivity contribution in [3.8, 4) is 5.75 Å². The molecule has 0 spiro atoms. The molecule has 1 aliphatic heterocycles. The monoisotopic (exact) mass is 366 g/mol. The fourth-order valence-electron chi connectivity index (χ4n) is 3.08. The third-order valence-electron chi connectivity index (χ3n) is 4.16. The van der Waals surface area contributed by atoms with Crippen molar-refractivity contribution in [3.05, 3.63) is 28.8 Å². The van der Waals surface area contributed by atoms with Gasteiger partial charge in [-0.2, -0.15) is 0 Å². The van der Waals surface area contributed by atoms with Gasteiger partial charge in [0.15, 0.2) is 0 Å². The van der Waals surface area contributed by atoms with E-state index >= 15 is 0 Å². The predicted octanol–water partition coefficient (Wildman–Crippen LogP) is 3.20. The van der Waals surface area contributed by atoms with E-state index in [1.807, 2.05) is 13.8 Å². The first-order chi connectivity index (χ1) is 11.1. The van der Waals surface area contributed by atoms with E-state index in [0.717, 1.165) is 31.7 Å². The Balaban J connectivity index is 2.34. The molecular formula is C16H22ClF3N2O2. The fraction of sp³-hybridized carbons (Fsp3) is 0.625. The summed E-state index contributed by atoms with van der Waals surface area (Å²) in [6.45, 7) is 7.00. The number of ether oxygens (including phenoxy) is 1. The Labute approximate surface area is 144 Å². The van der Waals surface area contributed by atoms with Crippen LogP contribution in [-0.2, 0) is 0 Å². The number of nitrogens with one attached hydrogen (secondary N) is 1. The number of alkyl halides is 3. The first kappa shape index (κ1) is 19.3. The van der Waals surface area contributed by atoms with Gasteiger partial charge in [0.25, 0.3) is 0 Å². The van der Waals surface area contributed by atoms with Gasteiger partial charge in [-0.25, -0.2) is 0 Å². The highest BCUT2D eigenvalue weighted by Gasteiger charge is 2.37. The van der Waals surface area contributed by atoms with Crippen LogP contribution in [0.5, 0.6) is 5.75 Å². The van der Waals surface area contributed by atoms with Gasteiger partial charge in [0.1, 0.15) is 5.75 Å². The molecule has 0 saturated carbocycles. The molecule has 0 aliphatic carbocycles. The highest BCUT2D eigenvalue weighted by atomic mass is 35.5. The number of aliphatic hydroxyl groups is 1. The van der Waals surface area contributed by atoms with Crippen LogP contribution >= 0.6 is 11.6 Å². The minimum atomic E-state index is -4.78. The molecule has 1 aromatic carbocycles. The largest absolute Gasteiger partial charge is 0.573 e. The predicted molar refractivity (Wildman–Crippen MR) is 86.2 cm³/mol. The number of hydrogen-bond acceptors (Lipinski definition) is 4. The topological polar surface area (TPSA) is 44.7 Å². The van der Waals surface area contributed by atoms with E-state index in [9.17, 15) is 18.3 Å². The average Bonchev–Trinajstić information content (AvgIpc) is 2.50. The van der Waals surface area contributed by atoms with Crippen molar-refractivity contribution in [2.24, 2.45) is 5.41 Å². The Morgan fingerprint density at radius 2 is 1.92 bits per heavy atom. The Morgan fingerprint density at radius 1 is 1.29 bits per heavy atom. The van der Waals surface area contributed by atoms with E-state index in [1.165, 1.54) is 12.1 Å². The maximum Gasteiger partial charge on any atom is 0.573 e. The third kappa shape index (κ3) is 4.75. The molecule has 1 heterocycles. The van der Waals surface area contributed by atoms with Gasteiger partial charge < -0.3 is 15.2 Å². The molecule has 1 fully saturated rings. The molecule has 8 heteroatoms. The summed E-state index contributed by atoms with van der Waals surface area (Å²) in [7, 11) is 0. The van der Waals surface area contributed by atoms with Crippen LogP contribution in [0.15, 0.2) is 18.2 Å². The Kier molecular flexibility index (Phi) is 6.01. The number of aliphatic hydroxyl groups excluding tert-OH is 1. The summed E-state index contributed by atoms with van der Waals surface area (Å²) in [5.41, 5.74) is 0.281. The molecular weight excluding hydrogens is 345 g/mol. The van der Waals surface area contributed by atoms with Crippen molar-refractivity contribution >= 4 is 11.6 Å². The third-order valence-corrected chi connectivity index (χ3v) is 4.46. The second-order valence-corrected chi connectivity index (χ2v) is 6.98. The van der Waals surface area contributed by atoms with Crippen molar-refractivity contribution in [3.63, 3.8) is 0 Å². The summed E-state index contributed by atoms with van der Waals surface area (Å²) in [6, 6.07) is 4.14. The minimum Gasteiger partial charge on any atom is -0.404 e. The molecule has 0 bridgehead atoms. The second-order valence-electron chi connectivity index (χ2n) is 6.57. The average molecular weight is 367 g/mol. The lowest BCUT2D eigenvalue weighted by molar-refractivity contribution is -0.274. The molecule has 1 aromatic rings. The zero-order valence-electron chi connectivity index (χ0n) is 13.7. The van der Waals surface area contributed by atoms with Gasteiger partial charge in [-0.3, -0.25) is 4.90 Å². The van der Waals surface area contributed by atoms with Crippen LogP contribution < -0.4 is 10.1 Å². The molecule has 24 heavy (non-hydrogen) atoms. The standard InChI is InChI=1S/C16H22ClF3N2O2/c1-15(2,10-23)14(22-7-5-21-6-8-22)11-3-4-13(12(17)9-11)24-16(18,19)20/h3-4,9,14,21,23H,5-8,10H2,1-2H3/t14-/m1/s1. The maximum absolute atomic E-state index is 12.4. The van der Waals surface area contributed by atoms with Gasteiger partial charge in [-0.15, -0.1) is 13.2 Å². The van der Waals surface area contributed by atoms with E-state index in [2.05, 4.69) is 15.0 Å². The number of rotatable bonds is 5. The van der Waals surface area contributed by atoms with Crippen LogP contribution in [0.2, 0.25) is 5.02 Å². The van der Waals surface area contributed by atoms with Crippen LogP contribution in [0.3, 0.4) is 0 Å². The molecule has 136 valence electrons. The van der Waals surface area contributed by atoms with Crippen LogP contribution in [0.4, 0.5) is 13.2 Å². The van der Waals surface area contributed by atoms with E-state index in [1.54, 1.807) is 6.07 Å². The van der Waals surface area contributed by atoms with Gasteiger partial charge >= 0.3 is 6.36 Å². The molecule has 1 saturated heterocycles. The summed E-state index contributed by atoms with van der Waals surface area (Å²) in [4.78, 5) is 2.21. The quantitative estimate of drug-likeness (QED) is 0.840. The van der Waals surface area contributed by atoms with E-state index < -0.39 is 17.5 Å². The zero-order valence-corrected chi connectivity index (χ0v) is 14.4. The highest BCUT2D eigenvalue weighted by molar-refractivity contribution is 6.32. The van der Waals surface area contributed by atoms with Crippen molar-refractivity contribution < 1.29 is 23.0 Å². The molecule has 0 unspecified atom stereocenters. The lowest BCUT2D eigenvalue weighted by Crippen LogP contribution is -2.49. The molecule has 0 amide bonds. The second kappa shape index (κ2) is 7.47. The van der Waals surface area contributed by atoms with Gasteiger partial charge in [0.2, 0.25) is 0 Å². The number of benzene rings is 1. The van der Waals surface area contributed by atoms with Crippen molar-refractivity contribution in [1.29, 1.82) is 0 Å². The first-order valence-electron chi connectivity index (χ1n) is 7.75. The SMILES string of the molecule is CC(C)(CO)[C@@H](c1ccc(OC(F)(F)F)c(Cl)c1)N1CCNCC1. The van der Waals surface area contributed by atoms with E-state index in [4.69, 9.17) is 11.6 Å². The van der Waals surface area contributed by atoms with Crippen LogP contribution in [-0.4, -0.2) is 49.2 Å². The van der Waals surface area contributed by atoms with Gasteiger partial charge in [-0.1, -0.05) is 31.5 Å². The summed E-state index contributed by atoms with van der Waals surface area (Å²) < 4.78 is 41.1. The minimum absolute atomic E-state index is 0.0555. The smallest absolute Gasteiger partial charge is 0.404 e. The number of nitrogens with zero attached hydrogens (tertiary/aromatic N) is 1. The first-order valence-corrected chi connectivity index (χ1v) is 8.13. The van der Waals surface area contributed by atoms with Gasteiger partial charge in [0, 0.05) is 44.2 Å². The van der Waals surface area contributed by atoms with Crippen molar-refractivity contribution in [2.45, 2.75) is 26.3 Å². The zero-order chi connectivity index (χ0) is 18.0. The normalized spacial score (nSPS) is 18.5. The molecule has 1 atom stereocenters. The molecule has 0 aromatic heterocycles. The summed E-state index contributed by atoms with van der Waals surface area (Å²) in [6.07, 6.45) is -4.78. The molecule has 1 aliphatic rings. The molecule has 4 nitrogen and oxygen atoms in total. The Bertz CT molecular complexity index is 561. The van der Waals surface area contributed by atoms with E-state index in [0.29, 0.717) is 0 Å². The van der Waals surface area contributed by atoms with E-state index in [-0.39, 0.29) is 17.7 Å². The molecule has 0 radical (unpaired) electrons. The maximum atomic E-state index is 12.4. The van der Waals surface area contributed by atoms with Crippen LogP contribution in [0.1, 0.15) is 25.5 Å². The van der Waals surface area contributed by atoms with Crippen LogP contribution in [0.25, 0.3) is 0 Å². The highest BCUT2D eigenvalue weighted by Crippen LogP contribution is 2.41.